The highest BCUT2D eigenvalue weighted by molar-refractivity contribution is 7.25. The van der Waals surface area contributed by atoms with E-state index in [1.807, 2.05) is 17.4 Å². The van der Waals surface area contributed by atoms with Gasteiger partial charge in [0, 0.05) is 25.7 Å². The maximum absolute atomic E-state index is 5.17. The van der Waals surface area contributed by atoms with E-state index in [9.17, 15) is 0 Å². The van der Waals surface area contributed by atoms with Gasteiger partial charge in [-0.25, -0.2) is 4.99 Å². The summed E-state index contributed by atoms with van der Waals surface area (Å²) in [6.07, 6.45) is -0.361. The lowest BCUT2D eigenvalue weighted by atomic mass is 9.94. The van der Waals surface area contributed by atoms with Gasteiger partial charge < -0.3 is 5.32 Å². The van der Waals surface area contributed by atoms with E-state index in [0.29, 0.717) is 0 Å². The van der Waals surface area contributed by atoms with Gasteiger partial charge in [0.05, 0.1) is 0 Å². The van der Waals surface area contributed by atoms with E-state index in [1.165, 1.54) is 59.1 Å². The predicted molar refractivity (Wildman–Crippen MR) is 207 cm³/mol. The van der Waals surface area contributed by atoms with Crippen LogP contribution < -0.4 is 10.6 Å². The van der Waals surface area contributed by atoms with Gasteiger partial charge in [0.25, 0.3) is 0 Å². The molecule has 0 saturated carbocycles. The van der Waals surface area contributed by atoms with Gasteiger partial charge in [-0.15, -0.1) is 11.3 Å². The molecule has 0 aliphatic carbocycles. The standard InChI is InChI=1S/C45H33N3S/c1-4-12-30(13-5-1)31-20-22-32(23-21-31)33-24-26-34(27-25-33)37-28-39(42-38-18-10-11-19-40(38)49-41(42)29-37)45-47-43(35-14-6-2-7-15-35)46-44(48-45)36-16-8-3-9-17-36/h1-29,43,45,47H,(H,46,48). The summed E-state index contributed by atoms with van der Waals surface area (Å²) in [4.78, 5) is 5.17. The minimum atomic E-state index is -0.196. The van der Waals surface area contributed by atoms with Crippen molar-refractivity contribution in [3.05, 3.63) is 193 Å². The Hall–Kier alpha value is -5.81. The maximum atomic E-state index is 5.17. The molecule has 0 saturated heterocycles. The molecular weight excluding hydrogens is 615 g/mol. The Morgan fingerprint density at radius 3 is 1.59 bits per heavy atom. The zero-order valence-electron chi connectivity index (χ0n) is 26.8. The van der Waals surface area contributed by atoms with Gasteiger partial charge in [-0.1, -0.05) is 158 Å². The second-order valence-electron chi connectivity index (χ2n) is 12.5. The lowest BCUT2D eigenvalue weighted by molar-refractivity contribution is 0.411. The van der Waals surface area contributed by atoms with Gasteiger partial charge in [-0.2, -0.15) is 0 Å². The molecule has 234 valence electrons. The predicted octanol–water partition coefficient (Wildman–Crippen LogP) is 11.4. The van der Waals surface area contributed by atoms with Crippen LogP contribution in [0.4, 0.5) is 0 Å². The Kier molecular flexibility index (Phi) is 7.58. The fraction of sp³-hybridized carbons (Fsp3) is 0.0444. The summed E-state index contributed by atoms with van der Waals surface area (Å²) in [7, 11) is 0. The van der Waals surface area contributed by atoms with Crippen LogP contribution in [0.3, 0.4) is 0 Å². The third kappa shape index (κ3) is 5.72. The first-order chi connectivity index (χ1) is 24.3. The summed E-state index contributed by atoms with van der Waals surface area (Å²) in [6, 6.07) is 62.8. The van der Waals surface area contributed by atoms with Gasteiger partial charge in [-0.3, -0.25) is 5.32 Å². The van der Waals surface area contributed by atoms with Gasteiger partial charge in [0.1, 0.15) is 18.2 Å². The SMILES string of the molecule is c1ccc(C2=NC(c3ccccc3)NC(c3cc(-c4ccc(-c5ccc(-c6ccccc6)cc5)cc4)cc4sc5ccccc5c34)N2)cc1. The lowest BCUT2D eigenvalue weighted by Gasteiger charge is -2.33. The van der Waals surface area contributed by atoms with Gasteiger partial charge in [0.2, 0.25) is 0 Å². The maximum Gasteiger partial charge on any atom is 0.131 e. The minimum Gasteiger partial charge on any atom is -0.350 e. The van der Waals surface area contributed by atoms with Crippen molar-refractivity contribution in [3.63, 3.8) is 0 Å². The van der Waals surface area contributed by atoms with Crippen LogP contribution in [-0.4, -0.2) is 5.84 Å². The Morgan fingerprint density at radius 2 is 0.959 bits per heavy atom. The largest absolute Gasteiger partial charge is 0.350 e. The molecule has 2 N–H and O–H groups in total. The Bertz CT molecular complexity index is 2420. The van der Waals surface area contributed by atoms with E-state index < -0.39 is 0 Å². The Labute approximate surface area is 290 Å². The van der Waals surface area contributed by atoms with E-state index >= 15 is 0 Å². The number of rotatable bonds is 6. The van der Waals surface area contributed by atoms with Crippen molar-refractivity contribution in [2.75, 3.05) is 0 Å². The number of thiophene rings is 1. The van der Waals surface area contributed by atoms with Gasteiger partial charge in [-0.05, 0) is 62.7 Å². The molecule has 0 bridgehead atoms. The normalized spacial score (nSPS) is 16.0. The van der Waals surface area contributed by atoms with Crippen molar-refractivity contribution in [3.8, 4) is 33.4 Å². The summed E-state index contributed by atoms with van der Waals surface area (Å²) in [5.74, 6) is 0.888. The number of nitrogens with zero attached hydrogens (tertiary/aromatic N) is 1. The second-order valence-corrected chi connectivity index (χ2v) is 13.5. The van der Waals surface area contributed by atoms with Crippen molar-refractivity contribution in [2.24, 2.45) is 4.99 Å². The molecule has 0 radical (unpaired) electrons. The van der Waals surface area contributed by atoms with Gasteiger partial charge in [0.15, 0.2) is 0 Å². The molecule has 0 fully saturated rings. The van der Waals surface area contributed by atoms with Crippen LogP contribution in [0, 0.1) is 0 Å². The summed E-state index contributed by atoms with van der Waals surface area (Å²) in [6.45, 7) is 0. The van der Waals surface area contributed by atoms with Crippen molar-refractivity contribution in [1.29, 1.82) is 0 Å². The summed E-state index contributed by atoms with van der Waals surface area (Å²) in [5, 5.41) is 10.2. The molecule has 0 spiro atoms. The van der Waals surface area contributed by atoms with E-state index in [1.54, 1.807) is 0 Å². The van der Waals surface area contributed by atoms with Gasteiger partial charge >= 0.3 is 0 Å². The number of nitrogens with one attached hydrogen (secondary N) is 2. The molecule has 3 nitrogen and oxygen atoms in total. The van der Waals surface area contributed by atoms with Crippen LogP contribution in [0.15, 0.2) is 181 Å². The molecule has 2 unspecified atom stereocenters. The molecule has 8 aromatic rings. The number of amidine groups is 1. The summed E-state index contributed by atoms with van der Waals surface area (Å²) in [5.41, 5.74) is 10.7. The van der Waals surface area contributed by atoms with E-state index in [4.69, 9.17) is 4.99 Å². The van der Waals surface area contributed by atoms with Crippen molar-refractivity contribution in [1.82, 2.24) is 10.6 Å². The van der Waals surface area contributed by atoms with Crippen LogP contribution in [0.5, 0.6) is 0 Å². The van der Waals surface area contributed by atoms with E-state index in [-0.39, 0.29) is 12.3 Å². The lowest BCUT2D eigenvalue weighted by Crippen LogP contribution is -2.45. The number of fused-ring (bicyclic) bond motifs is 3. The van der Waals surface area contributed by atoms with Crippen LogP contribution in [0.2, 0.25) is 0 Å². The Morgan fingerprint density at radius 1 is 0.449 bits per heavy atom. The highest BCUT2D eigenvalue weighted by Crippen LogP contribution is 2.42. The minimum absolute atomic E-state index is 0.166. The number of aliphatic imine (C=N–C) groups is 1. The average Bonchev–Trinajstić information content (AvgIpc) is 3.57. The van der Waals surface area contributed by atoms with E-state index in [2.05, 4.69) is 180 Å². The molecule has 1 aliphatic rings. The first-order valence-corrected chi connectivity index (χ1v) is 17.5. The van der Waals surface area contributed by atoms with Crippen LogP contribution in [0.1, 0.15) is 29.0 Å². The van der Waals surface area contributed by atoms with Crippen molar-refractivity contribution in [2.45, 2.75) is 12.3 Å². The molecule has 7 aromatic carbocycles. The highest BCUT2D eigenvalue weighted by Gasteiger charge is 2.28. The number of hydrogen-bond acceptors (Lipinski definition) is 4. The van der Waals surface area contributed by atoms with Crippen LogP contribution >= 0.6 is 11.3 Å². The molecule has 2 atom stereocenters. The third-order valence-corrected chi connectivity index (χ3v) is 10.5. The smallest absolute Gasteiger partial charge is 0.131 e. The zero-order valence-corrected chi connectivity index (χ0v) is 27.6. The molecule has 1 aromatic heterocycles. The molecule has 49 heavy (non-hydrogen) atoms. The fourth-order valence-electron chi connectivity index (χ4n) is 6.89. The quantitative estimate of drug-likeness (QED) is 0.188. The molecule has 0 amide bonds. The molecular formula is C45H33N3S. The highest BCUT2D eigenvalue weighted by atomic mass is 32.1. The van der Waals surface area contributed by atoms with E-state index in [0.717, 1.165) is 17.0 Å². The molecule has 9 rings (SSSR count). The van der Waals surface area contributed by atoms with Crippen LogP contribution in [0.25, 0.3) is 53.6 Å². The Balaban J connectivity index is 1.12. The molecule has 4 heteroatoms. The molecule has 1 aliphatic heterocycles. The summed E-state index contributed by atoms with van der Waals surface area (Å²) >= 11 is 1.86. The number of hydrogen-bond donors (Lipinski definition) is 2. The first-order valence-electron chi connectivity index (χ1n) is 16.7. The monoisotopic (exact) mass is 647 g/mol. The first kappa shape index (κ1) is 29.3. The topological polar surface area (TPSA) is 36.4 Å². The second kappa shape index (κ2) is 12.7. The van der Waals surface area contributed by atoms with Crippen molar-refractivity contribution >= 4 is 37.3 Å². The zero-order chi connectivity index (χ0) is 32.6. The molecule has 2 heterocycles. The summed E-state index contributed by atoms with van der Waals surface area (Å²) < 4.78 is 2.57. The van der Waals surface area contributed by atoms with Crippen LogP contribution in [-0.2, 0) is 0 Å². The third-order valence-electron chi connectivity index (χ3n) is 9.39. The number of benzene rings is 7. The fourth-order valence-corrected chi connectivity index (χ4v) is 8.07. The average molecular weight is 648 g/mol. The van der Waals surface area contributed by atoms with Crippen molar-refractivity contribution < 1.29 is 0 Å².